The van der Waals surface area contributed by atoms with Gasteiger partial charge in [0, 0.05) is 6.42 Å². The van der Waals surface area contributed by atoms with Gasteiger partial charge in [-0.3, -0.25) is 14.5 Å². The molecule has 0 radical (unpaired) electrons. The normalized spacial score (nSPS) is 23.6. The van der Waals surface area contributed by atoms with Gasteiger partial charge in [0.15, 0.2) is 0 Å². The Labute approximate surface area is 113 Å². The van der Waals surface area contributed by atoms with Crippen LogP contribution in [0.3, 0.4) is 0 Å². The molecule has 2 rings (SSSR count). The van der Waals surface area contributed by atoms with E-state index in [1.54, 1.807) is 0 Å². The summed E-state index contributed by atoms with van der Waals surface area (Å²) < 4.78 is 0. The second-order valence-corrected chi connectivity index (χ2v) is 6.22. The largest absolute Gasteiger partial charge is 0.480 e. The molecule has 1 heterocycles. The topological polar surface area (TPSA) is 74.7 Å². The molecule has 2 aliphatic rings. The molecule has 1 unspecified atom stereocenters. The van der Waals surface area contributed by atoms with Gasteiger partial charge < -0.3 is 5.11 Å². The molecule has 1 saturated heterocycles. The van der Waals surface area contributed by atoms with Crippen LogP contribution < -0.4 is 0 Å². The number of hydrogen-bond donors (Lipinski definition) is 1. The van der Waals surface area contributed by atoms with Crippen LogP contribution >= 0.6 is 0 Å². The van der Waals surface area contributed by atoms with Gasteiger partial charge in [-0.05, 0) is 25.2 Å². The first-order valence-electron chi connectivity index (χ1n) is 6.97. The Morgan fingerprint density at radius 1 is 1.32 bits per heavy atom. The number of rotatable bonds is 4. The third kappa shape index (κ3) is 2.38. The number of likely N-dealkylation sites (tertiary alicyclic amines) is 1. The Hall–Kier alpha value is -1.39. The molecule has 1 saturated carbocycles. The van der Waals surface area contributed by atoms with Crippen LogP contribution in [0.15, 0.2) is 0 Å². The predicted octanol–water partition coefficient (Wildman–Crippen LogP) is 1.80. The minimum Gasteiger partial charge on any atom is -0.480 e. The first kappa shape index (κ1) is 14.0. The summed E-state index contributed by atoms with van der Waals surface area (Å²) in [6.45, 7) is 3.79. The van der Waals surface area contributed by atoms with E-state index in [0.29, 0.717) is 6.42 Å². The highest BCUT2D eigenvalue weighted by molar-refractivity contribution is 6.08. The number of carbonyl (C=O) groups is 3. The molecule has 0 bridgehead atoms. The van der Waals surface area contributed by atoms with E-state index < -0.39 is 17.4 Å². The first-order valence-corrected chi connectivity index (χ1v) is 6.97. The highest BCUT2D eigenvalue weighted by Crippen LogP contribution is 2.47. The Bertz CT molecular complexity index is 410. The molecule has 0 aromatic carbocycles. The van der Waals surface area contributed by atoms with Crippen LogP contribution in [0.4, 0.5) is 0 Å². The fraction of sp³-hybridized carbons (Fsp3) is 0.786. The molecular weight excluding hydrogens is 246 g/mol. The van der Waals surface area contributed by atoms with Crippen LogP contribution in [0.1, 0.15) is 52.4 Å². The van der Waals surface area contributed by atoms with Crippen molar-refractivity contribution < 1.29 is 19.5 Å². The third-order valence-corrected chi connectivity index (χ3v) is 4.28. The molecule has 1 N–H and O–H groups in total. The van der Waals surface area contributed by atoms with Crippen molar-refractivity contribution in [2.45, 2.75) is 58.4 Å². The summed E-state index contributed by atoms with van der Waals surface area (Å²) in [6.07, 6.45) is 3.88. The van der Waals surface area contributed by atoms with Crippen molar-refractivity contribution >= 4 is 17.8 Å². The van der Waals surface area contributed by atoms with Crippen molar-refractivity contribution in [3.05, 3.63) is 0 Å². The van der Waals surface area contributed by atoms with Gasteiger partial charge in [0.1, 0.15) is 6.04 Å². The van der Waals surface area contributed by atoms with Crippen LogP contribution in [0, 0.1) is 11.3 Å². The van der Waals surface area contributed by atoms with Crippen molar-refractivity contribution in [2.24, 2.45) is 11.3 Å². The number of nitrogens with zero attached hydrogens (tertiary/aromatic N) is 1. The molecule has 1 spiro atoms. The summed E-state index contributed by atoms with van der Waals surface area (Å²) >= 11 is 0. The Balaban J connectivity index is 2.25. The molecule has 19 heavy (non-hydrogen) atoms. The van der Waals surface area contributed by atoms with E-state index in [2.05, 4.69) is 0 Å². The van der Waals surface area contributed by atoms with Gasteiger partial charge >= 0.3 is 5.97 Å². The third-order valence-electron chi connectivity index (χ3n) is 4.28. The van der Waals surface area contributed by atoms with Gasteiger partial charge in [-0.25, -0.2) is 4.79 Å². The van der Waals surface area contributed by atoms with Gasteiger partial charge in [0.2, 0.25) is 11.8 Å². The SMILES string of the molecule is CC(C)CC(C(=O)O)N1C(=O)CC2(CCCC2)C1=O. The molecule has 2 amide bonds. The van der Waals surface area contributed by atoms with Crippen molar-refractivity contribution in [3.63, 3.8) is 0 Å². The van der Waals surface area contributed by atoms with E-state index in [1.807, 2.05) is 13.8 Å². The summed E-state index contributed by atoms with van der Waals surface area (Å²) in [4.78, 5) is 37.0. The molecule has 0 aromatic rings. The molecular formula is C14H21NO4. The molecule has 1 atom stereocenters. The predicted molar refractivity (Wildman–Crippen MR) is 68.2 cm³/mol. The van der Waals surface area contributed by atoms with Crippen LogP contribution in [0.2, 0.25) is 0 Å². The Morgan fingerprint density at radius 3 is 2.37 bits per heavy atom. The standard InChI is InChI=1S/C14H21NO4/c1-9(2)7-10(12(17)18)15-11(16)8-14(13(15)19)5-3-4-6-14/h9-10H,3-8H2,1-2H3,(H,17,18). The fourth-order valence-electron chi connectivity index (χ4n) is 3.34. The summed E-state index contributed by atoms with van der Waals surface area (Å²) in [5.74, 6) is -1.50. The maximum absolute atomic E-state index is 12.5. The number of carboxylic acids is 1. The van der Waals surface area contributed by atoms with Crippen LogP contribution in [-0.4, -0.2) is 33.8 Å². The number of aliphatic carboxylic acids is 1. The molecule has 1 aliphatic carbocycles. The molecule has 1 aliphatic heterocycles. The summed E-state index contributed by atoms with van der Waals surface area (Å²) in [6, 6.07) is -1.00. The molecule has 5 heteroatoms. The van der Waals surface area contributed by atoms with Crippen LogP contribution in [0.5, 0.6) is 0 Å². The second kappa shape index (κ2) is 4.94. The second-order valence-electron chi connectivity index (χ2n) is 6.22. The first-order chi connectivity index (χ1) is 8.87. The summed E-state index contributed by atoms with van der Waals surface area (Å²) in [5, 5.41) is 9.30. The lowest BCUT2D eigenvalue weighted by Crippen LogP contribution is -2.47. The van der Waals surface area contributed by atoms with E-state index in [9.17, 15) is 19.5 Å². The highest BCUT2D eigenvalue weighted by Gasteiger charge is 2.55. The zero-order valence-electron chi connectivity index (χ0n) is 11.5. The van der Waals surface area contributed by atoms with E-state index in [4.69, 9.17) is 0 Å². The molecule has 2 fully saturated rings. The van der Waals surface area contributed by atoms with Gasteiger partial charge in [-0.1, -0.05) is 26.7 Å². The Morgan fingerprint density at radius 2 is 1.89 bits per heavy atom. The maximum atomic E-state index is 12.5. The number of hydrogen-bond acceptors (Lipinski definition) is 3. The van der Waals surface area contributed by atoms with Crippen LogP contribution in [-0.2, 0) is 14.4 Å². The molecule has 5 nitrogen and oxygen atoms in total. The smallest absolute Gasteiger partial charge is 0.326 e. The number of imide groups is 1. The number of carboxylic acid groups (broad SMARTS) is 1. The highest BCUT2D eigenvalue weighted by atomic mass is 16.4. The number of amides is 2. The quantitative estimate of drug-likeness (QED) is 0.788. The van der Waals surface area contributed by atoms with Crippen molar-refractivity contribution in [2.75, 3.05) is 0 Å². The van der Waals surface area contributed by atoms with Gasteiger partial charge in [-0.15, -0.1) is 0 Å². The lowest BCUT2D eigenvalue weighted by molar-refractivity contribution is -0.156. The van der Waals surface area contributed by atoms with Crippen molar-refractivity contribution in [3.8, 4) is 0 Å². The Kier molecular flexibility index (Phi) is 3.65. The zero-order valence-corrected chi connectivity index (χ0v) is 11.5. The zero-order chi connectivity index (χ0) is 14.2. The monoisotopic (exact) mass is 267 g/mol. The van der Waals surface area contributed by atoms with Crippen molar-refractivity contribution in [1.29, 1.82) is 0 Å². The van der Waals surface area contributed by atoms with Gasteiger partial charge in [0.05, 0.1) is 5.41 Å². The minimum absolute atomic E-state index is 0.127. The average Bonchev–Trinajstić information content (AvgIpc) is 2.84. The van der Waals surface area contributed by atoms with Crippen molar-refractivity contribution in [1.82, 2.24) is 4.90 Å². The molecule has 106 valence electrons. The number of carbonyl (C=O) groups excluding carboxylic acids is 2. The lowest BCUT2D eigenvalue weighted by Gasteiger charge is -2.26. The fourth-order valence-corrected chi connectivity index (χ4v) is 3.34. The van der Waals surface area contributed by atoms with Crippen LogP contribution in [0.25, 0.3) is 0 Å². The summed E-state index contributed by atoms with van der Waals surface area (Å²) in [5.41, 5.74) is -0.582. The average molecular weight is 267 g/mol. The van der Waals surface area contributed by atoms with E-state index in [-0.39, 0.29) is 24.2 Å². The van der Waals surface area contributed by atoms with E-state index in [0.717, 1.165) is 30.6 Å². The van der Waals surface area contributed by atoms with E-state index >= 15 is 0 Å². The van der Waals surface area contributed by atoms with Gasteiger partial charge in [-0.2, -0.15) is 0 Å². The molecule has 0 aromatic heterocycles. The summed E-state index contributed by atoms with van der Waals surface area (Å²) in [7, 11) is 0. The van der Waals surface area contributed by atoms with E-state index in [1.165, 1.54) is 0 Å². The lowest BCUT2D eigenvalue weighted by atomic mass is 9.84. The maximum Gasteiger partial charge on any atom is 0.326 e. The minimum atomic E-state index is -1.08. The van der Waals surface area contributed by atoms with Gasteiger partial charge in [0.25, 0.3) is 0 Å².